The lowest BCUT2D eigenvalue weighted by Crippen LogP contribution is -2.35. The molecule has 1 N–H and O–H groups in total. The first-order chi connectivity index (χ1) is 14.0. The molecule has 1 aliphatic rings. The van der Waals surface area contributed by atoms with Crippen molar-refractivity contribution in [3.8, 4) is 11.5 Å². The molecule has 2 heterocycles. The second kappa shape index (κ2) is 9.58. The van der Waals surface area contributed by atoms with Gasteiger partial charge in [0.25, 0.3) is 0 Å². The second-order valence-corrected chi connectivity index (χ2v) is 6.75. The summed E-state index contributed by atoms with van der Waals surface area (Å²) in [5.41, 5.74) is 0.0571. The third-order valence-electron chi connectivity index (χ3n) is 4.91. The number of morpholine rings is 1. The van der Waals surface area contributed by atoms with Crippen molar-refractivity contribution < 1.29 is 28.5 Å². The van der Waals surface area contributed by atoms with Crippen LogP contribution < -0.4 is 10.2 Å². The highest BCUT2D eigenvalue weighted by atomic mass is 16.5. The zero-order chi connectivity index (χ0) is 20.8. The molecule has 1 unspecified atom stereocenters. The summed E-state index contributed by atoms with van der Waals surface area (Å²) in [6.07, 6.45) is -0.117. The topological polar surface area (TPSA) is 98.4 Å². The van der Waals surface area contributed by atoms with Crippen molar-refractivity contribution in [2.24, 2.45) is 0 Å². The van der Waals surface area contributed by atoms with E-state index in [2.05, 4.69) is 4.90 Å². The Kier molecular flexibility index (Phi) is 6.90. The normalized spacial score (nSPS) is 15.7. The standard InChI is InChI=1S/C21H25NO7/c1-26-18-6-4-3-5-15(18)16(12-19(24)27-2)21-20(25)17(23)11-14(29-21)13-22-7-9-28-10-8-22/h3-6,11,16,25H,7-10,12-13H2,1-2H3. The Hall–Kier alpha value is -2.84. The lowest BCUT2D eigenvalue weighted by molar-refractivity contribution is -0.140. The van der Waals surface area contributed by atoms with E-state index in [1.807, 2.05) is 0 Å². The summed E-state index contributed by atoms with van der Waals surface area (Å²) in [5, 5.41) is 10.5. The van der Waals surface area contributed by atoms with Crippen LogP contribution >= 0.6 is 0 Å². The van der Waals surface area contributed by atoms with Crippen molar-refractivity contribution in [1.29, 1.82) is 0 Å². The Bertz CT molecular complexity index is 902. The van der Waals surface area contributed by atoms with E-state index < -0.39 is 23.1 Å². The lowest BCUT2D eigenvalue weighted by Gasteiger charge is -2.26. The van der Waals surface area contributed by atoms with Gasteiger partial charge in [0, 0.05) is 24.7 Å². The number of hydrogen-bond donors (Lipinski definition) is 1. The maximum atomic E-state index is 12.4. The van der Waals surface area contributed by atoms with Crippen molar-refractivity contribution in [2.45, 2.75) is 18.9 Å². The number of methoxy groups -OCH3 is 2. The van der Waals surface area contributed by atoms with Crippen LogP contribution in [0, 0.1) is 0 Å². The third-order valence-corrected chi connectivity index (χ3v) is 4.91. The molecule has 0 saturated carbocycles. The van der Waals surface area contributed by atoms with Crippen molar-refractivity contribution in [1.82, 2.24) is 4.90 Å². The fraction of sp³-hybridized carbons (Fsp3) is 0.429. The van der Waals surface area contributed by atoms with Gasteiger partial charge in [-0.15, -0.1) is 0 Å². The van der Waals surface area contributed by atoms with Gasteiger partial charge in [0.05, 0.1) is 46.3 Å². The molecule has 156 valence electrons. The molecule has 1 fully saturated rings. The summed E-state index contributed by atoms with van der Waals surface area (Å²) >= 11 is 0. The molecule has 29 heavy (non-hydrogen) atoms. The number of benzene rings is 1. The lowest BCUT2D eigenvalue weighted by atomic mass is 9.91. The van der Waals surface area contributed by atoms with E-state index in [0.29, 0.717) is 36.8 Å². The number of aromatic hydroxyl groups is 1. The van der Waals surface area contributed by atoms with Gasteiger partial charge in [0.15, 0.2) is 5.76 Å². The predicted octanol–water partition coefficient (Wildman–Crippen LogP) is 1.88. The molecule has 1 aromatic heterocycles. The van der Waals surface area contributed by atoms with E-state index in [1.54, 1.807) is 24.3 Å². The number of para-hydroxylation sites is 1. The van der Waals surface area contributed by atoms with Gasteiger partial charge in [-0.3, -0.25) is 14.5 Å². The van der Waals surface area contributed by atoms with Crippen molar-refractivity contribution in [3.63, 3.8) is 0 Å². The number of carbonyl (C=O) groups is 1. The molecule has 0 radical (unpaired) electrons. The van der Waals surface area contributed by atoms with Gasteiger partial charge >= 0.3 is 5.97 Å². The van der Waals surface area contributed by atoms with Crippen LogP contribution in [0.3, 0.4) is 0 Å². The van der Waals surface area contributed by atoms with Gasteiger partial charge in [0.2, 0.25) is 11.2 Å². The van der Waals surface area contributed by atoms with Gasteiger partial charge in [-0.25, -0.2) is 0 Å². The summed E-state index contributed by atoms with van der Waals surface area (Å²) in [4.78, 5) is 26.6. The Morgan fingerprint density at radius 1 is 1.24 bits per heavy atom. The Morgan fingerprint density at radius 3 is 2.66 bits per heavy atom. The van der Waals surface area contributed by atoms with Crippen molar-refractivity contribution in [2.75, 3.05) is 40.5 Å². The molecule has 0 bridgehead atoms. The van der Waals surface area contributed by atoms with Gasteiger partial charge in [-0.1, -0.05) is 18.2 Å². The summed E-state index contributed by atoms with van der Waals surface area (Å²) in [7, 11) is 2.80. The number of carbonyl (C=O) groups excluding carboxylic acids is 1. The van der Waals surface area contributed by atoms with Gasteiger partial charge < -0.3 is 23.7 Å². The molecular formula is C21H25NO7. The second-order valence-electron chi connectivity index (χ2n) is 6.75. The molecule has 2 aromatic rings. The maximum absolute atomic E-state index is 12.4. The first kappa shape index (κ1) is 20.9. The number of nitrogens with zero attached hydrogens (tertiary/aromatic N) is 1. The number of ether oxygens (including phenoxy) is 3. The molecule has 0 spiro atoms. The molecule has 1 atom stereocenters. The average molecular weight is 403 g/mol. The van der Waals surface area contributed by atoms with Crippen LogP contribution in [0.15, 0.2) is 39.5 Å². The molecular weight excluding hydrogens is 378 g/mol. The summed E-state index contributed by atoms with van der Waals surface area (Å²) in [6, 6.07) is 8.37. The highest BCUT2D eigenvalue weighted by Gasteiger charge is 2.29. The Labute approximate surface area is 168 Å². The first-order valence-corrected chi connectivity index (χ1v) is 9.39. The predicted molar refractivity (Wildman–Crippen MR) is 104 cm³/mol. The first-order valence-electron chi connectivity index (χ1n) is 9.39. The number of hydrogen-bond acceptors (Lipinski definition) is 8. The van der Waals surface area contributed by atoms with Crippen molar-refractivity contribution in [3.05, 3.63) is 57.6 Å². The smallest absolute Gasteiger partial charge is 0.306 e. The summed E-state index contributed by atoms with van der Waals surface area (Å²) in [6.45, 7) is 3.07. The monoisotopic (exact) mass is 403 g/mol. The highest BCUT2D eigenvalue weighted by Crippen LogP contribution is 2.37. The third kappa shape index (κ3) is 4.96. The van der Waals surface area contributed by atoms with Crippen LogP contribution in [-0.4, -0.2) is 56.5 Å². The fourth-order valence-electron chi connectivity index (χ4n) is 3.40. The van der Waals surface area contributed by atoms with Crippen LogP contribution in [0.5, 0.6) is 11.5 Å². The largest absolute Gasteiger partial charge is 0.502 e. The van der Waals surface area contributed by atoms with Crippen LogP contribution in [0.1, 0.15) is 29.4 Å². The summed E-state index contributed by atoms with van der Waals surface area (Å²) in [5.74, 6) is -0.805. The number of rotatable bonds is 7. The van der Waals surface area contributed by atoms with E-state index in [1.165, 1.54) is 20.3 Å². The quantitative estimate of drug-likeness (QED) is 0.700. The van der Waals surface area contributed by atoms with E-state index in [9.17, 15) is 14.7 Å². The number of esters is 1. The minimum atomic E-state index is -0.740. The molecule has 1 aromatic carbocycles. The van der Waals surface area contributed by atoms with Crippen LogP contribution in [-0.2, 0) is 20.8 Å². The fourth-order valence-corrected chi connectivity index (χ4v) is 3.40. The zero-order valence-electron chi connectivity index (χ0n) is 16.6. The van der Waals surface area contributed by atoms with Crippen LogP contribution in [0.4, 0.5) is 0 Å². The average Bonchev–Trinajstić information content (AvgIpc) is 2.75. The minimum Gasteiger partial charge on any atom is -0.502 e. The van der Waals surface area contributed by atoms with Crippen LogP contribution in [0.25, 0.3) is 0 Å². The maximum Gasteiger partial charge on any atom is 0.306 e. The van der Waals surface area contributed by atoms with Gasteiger partial charge in [-0.2, -0.15) is 0 Å². The van der Waals surface area contributed by atoms with E-state index in [-0.39, 0.29) is 12.2 Å². The summed E-state index contributed by atoms with van der Waals surface area (Å²) < 4.78 is 21.5. The van der Waals surface area contributed by atoms with Crippen molar-refractivity contribution >= 4 is 5.97 Å². The van der Waals surface area contributed by atoms with E-state index >= 15 is 0 Å². The Balaban J connectivity index is 2.03. The van der Waals surface area contributed by atoms with E-state index in [4.69, 9.17) is 18.6 Å². The molecule has 8 nitrogen and oxygen atoms in total. The SMILES string of the molecule is COC(=O)CC(c1ccccc1OC)c1oc(CN2CCOCC2)cc(=O)c1O. The van der Waals surface area contributed by atoms with Gasteiger partial charge in [-0.05, 0) is 6.07 Å². The Morgan fingerprint density at radius 2 is 1.97 bits per heavy atom. The van der Waals surface area contributed by atoms with E-state index in [0.717, 1.165) is 13.1 Å². The molecule has 1 saturated heterocycles. The minimum absolute atomic E-state index is 0.0238. The molecule has 8 heteroatoms. The molecule has 0 aliphatic carbocycles. The highest BCUT2D eigenvalue weighted by molar-refractivity contribution is 5.71. The molecule has 1 aliphatic heterocycles. The molecule has 3 rings (SSSR count). The zero-order valence-corrected chi connectivity index (χ0v) is 16.6. The van der Waals surface area contributed by atoms with Gasteiger partial charge in [0.1, 0.15) is 11.5 Å². The molecule has 0 amide bonds. The van der Waals surface area contributed by atoms with Crippen LogP contribution in [0.2, 0.25) is 0 Å².